The van der Waals surface area contributed by atoms with Gasteiger partial charge >= 0.3 is 0 Å². The average molecular weight is 459 g/mol. The molecule has 2 aromatic heterocycles. The van der Waals surface area contributed by atoms with Crippen molar-refractivity contribution in [3.63, 3.8) is 0 Å². The number of hydrogen-bond donors (Lipinski definition) is 3. The van der Waals surface area contributed by atoms with Gasteiger partial charge in [-0.15, -0.1) is 0 Å². The van der Waals surface area contributed by atoms with Crippen LogP contribution in [-0.2, 0) is 17.7 Å². The second-order valence-electron chi connectivity index (χ2n) is 8.35. The first-order valence-electron chi connectivity index (χ1n) is 11.6. The lowest BCUT2D eigenvalue weighted by Gasteiger charge is -2.10. The number of anilines is 1. The Morgan fingerprint density at radius 3 is 2.79 bits per heavy atom. The number of aromatic amines is 1. The van der Waals surface area contributed by atoms with Crippen LogP contribution in [0.3, 0.4) is 0 Å². The zero-order valence-electron chi connectivity index (χ0n) is 19.4. The first-order chi connectivity index (χ1) is 16.7. The molecule has 0 spiro atoms. The van der Waals surface area contributed by atoms with Gasteiger partial charge in [0.2, 0.25) is 0 Å². The third kappa shape index (κ3) is 6.44. The lowest BCUT2D eigenvalue weighted by atomic mass is 10.0. The van der Waals surface area contributed by atoms with Crippen LogP contribution in [0.5, 0.6) is 0 Å². The van der Waals surface area contributed by atoms with Crippen LogP contribution in [0.1, 0.15) is 29.5 Å². The molecule has 0 atom stereocenters. The molecule has 8 heteroatoms. The molecule has 0 radical (unpaired) electrons. The van der Waals surface area contributed by atoms with Crippen molar-refractivity contribution in [2.45, 2.75) is 32.7 Å². The van der Waals surface area contributed by atoms with E-state index in [9.17, 15) is 0 Å². The fourth-order valence-electron chi connectivity index (χ4n) is 4.00. The third-order valence-electron chi connectivity index (χ3n) is 5.59. The maximum absolute atomic E-state index is 8.90. The van der Waals surface area contributed by atoms with Gasteiger partial charge in [0.05, 0.1) is 37.0 Å². The van der Waals surface area contributed by atoms with E-state index in [1.165, 1.54) is 11.1 Å². The van der Waals surface area contributed by atoms with Gasteiger partial charge in [0.25, 0.3) is 0 Å². The summed E-state index contributed by atoms with van der Waals surface area (Å²) in [7, 11) is 0. The Hall–Kier alpha value is -3.67. The van der Waals surface area contributed by atoms with E-state index >= 15 is 0 Å². The monoisotopic (exact) mass is 458 g/mol. The number of aryl methyl sites for hydroxylation is 1. The number of ether oxygens (including phenoxy) is 1. The molecule has 2 heterocycles. The molecular formula is C26H30N6O2. The highest BCUT2D eigenvalue weighted by Gasteiger charge is 2.09. The van der Waals surface area contributed by atoms with Crippen LogP contribution < -0.4 is 10.6 Å². The standard InChI is InChI=1S/C26H30N6O2/c1-19-10-20(4-5-27)12-21(11-19)15-28-6-2-3-8-33-9-7-29-25-13-22(23-16-31-34-18-23)14-26-24(25)17-30-32-26/h10-14,16-18,28-29H,2-4,6-9,15H2,1H3,(H,30,32). The quantitative estimate of drug-likeness (QED) is 0.251. The molecule has 0 amide bonds. The summed E-state index contributed by atoms with van der Waals surface area (Å²) >= 11 is 0. The smallest absolute Gasteiger partial charge is 0.131 e. The SMILES string of the molecule is Cc1cc(CC#N)cc(CNCCCCOCCNc2cc(-c3cnoc3)cc3[nH]ncc23)c1. The van der Waals surface area contributed by atoms with Crippen molar-refractivity contribution in [1.82, 2.24) is 20.7 Å². The average Bonchev–Trinajstić information content (AvgIpc) is 3.52. The topological polar surface area (TPSA) is 112 Å². The maximum atomic E-state index is 8.90. The van der Waals surface area contributed by atoms with Crippen molar-refractivity contribution >= 4 is 16.6 Å². The van der Waals surface area contributed by atoms with Crippen molar-refractivity contribution in [2.24, 2.45) is 0 Å². The van der Waals surface area contributed by atoms with Gasteiger partial charge in [0.1, 0.15) is 6.26 Å². The van der Waals surface area contributed by atoms with E-state index in [0.29, 0.717) is 19.6 Å². The highest BCUT2D eigenvalue weighted by atomic mass is 16.5. The summed E-state index contributed by atoms with van der Waals surface area (Å²) in [4.78, 5) is 0. The van der Waals surface area contributed by atoms with E-state index in [1.807, 2.05) is 12.3 Å². The van der Waals surface area contributed by atoms with Gasteiger partial charge in [-0.2, -0.15) is 10.4 Å². The largest absolute Gasteiger partial charge is 0.382 e. The molecule has 0 bridgehead atoms. The number of nitriles is 1. The second-order valence-corrected chi connectivity index (χ2v) is 8.35. The number of nitrogens with one attached hydrogen (secondary N) is 3. The molecule has 2 aromatic carbocycles. The molecule has 4 aromatic rings. The van der Waals surface area contributed by atoms with E-state index in [4.69, 9.17) is 14.5 Å². The lowest BCUT2D eigenvalue weighted by Crippen LogP contribution is -2.16. The number of unbranched alkanes of at least 4 members (excludes halogenated alkanes) is 1. The van der Waals surface area contributed by atoms with Crippen LogP contribution >= 0.6 is 0 Å². The van der Waals surface area contributed by atoms with Crippen molar-refractivity contribution in [3.05, 3.63) is 65.7 Å². The summed E-state index contributed by atoms with van der Waals surface area (Å²) in [5.41, 5.74) is 7.42. The Bertz CT molecular complexity index is 1230. The minimum atomic E-state index is 0.459. The maximum Gasteiger partial charge on any atom is 0.131 e. The third-order valence-corrected chi connectivity index (χ3v) is 5.59. The Kier molecular flexibility index (Phi) is 8.27. The minimum Gasteiger partial charge on any atom is -0.382 e. The van der Waals surface area contributed by atoms with Gasteiger partial charge in [0, 0.05) is 36.3 Å². The van der Waals surface area contributed by atoms with Crippen LogP contribution in [0.25, 0.3) is 22.0 Å². The fraction of sp³-hybridized carbons (Fsp3) is 0.346. The van der Waals surface area contributed by atoms with Gasteiger partial charge in [-0.1, -0.05) is 28.9 Å². The molecule has 176 valence electrons. The number of rotatable bonds is 13. The number of hydrogen-bond acceptors (Lipinski definition) is 7. The Labute approximate surface area is 199 Å². The van der Waals surface area contributed by atoms with E-state index in [1.54, 1.807) is 12.5 Å². The number of aromatic nitrogens is 3. The summed E-state index contributed by atoms with van der Waals surface area (Å²) in [6.07, 6.45) is 7.68. The van der Waals surface area contributed by atoms with Gasteiger partial charge in [-0.3, -0.25) is 5.10 Å². The number of fused-ring (bicyclic) bond motifs is 1. The molecule has 4 rings (SSSR count). The Morgan fingerprint density at radius 1 is 1.03 bits per heavy atom. The summed E-state index contributed by atoms with van der Waals surface area (Å²) in [6.45, 7) is 5.92. The molecule has 0 aliphatic carbocycles. The molecule has 8 nitrogen and oxygen atoms in total. The number of H-pyrrole nitrogens is 1. The first-order valence-corrected chi connectivity index (χ1v) is 11.6. The highest BCUT2D eigenvalue weighted by Crippen LogP contribution is 2.29. The van der Waals surface area contributed by atoms with Crippen LogP contribution in [0.2, 0.25) is 0 Å². The van der Waals surface area contributed by atoms with E-state index in [2.05, 4.69) is 63.2 Å². The fourth-order valence-corrected chi connectivity index (χ4v) is 4.00. The molecule has 0 unspecified atom stereocenters. The molecule has 0 aliphatic rings. The Balaban J connectivity index is 1.12. The van der Waals surface area contributed by atoms with Crippen LogP contribution in [0.4, 0.5) is 5.69 Å². The summed E-state index contributed by atoms with van der Waals surface area (Å²) < 4.78 is 10.8. The molecule has 0 saturated carbocycles. The van der Waals surface area contributed by atoms with Crippen LogP contribution in [0.15, 0.2) is 53.5 Å². The van der Waals surface area contributed by atoms with Crippen molar-refractivity contribution in [1.29, 1.82) is 5.26 Å². The molecular weight excluding hydrogens is 428 g/mol. The molecule has 0 aliphatic heterocycles. The normalized spacial score (nSPS) is 11.1. The molecule has 0 saturated heterocycles. The molecule has 34 heavy (non-hydrogen) atoms. The van der Waals surface area contributed by atoms with Gasteiger partial charge in [-0.05, 0) is 55.1 Å². The highest BCUT2D eigenvalue weighted by molar-refractivity contribution is 5.95. The molecule has 3 N–H and O–H groups in total. The second kappa shape index (κ2) is 12.0. The summed E-state index contributed by atoms with van der Waals surface area (Å²) in [5.74, 6) is 0. The van der Waals surface area contributed by atoms with Gasteiger partial charge in [-0.25, -0.2) is 0 Å². The van der Waals surface area contributed by atoms with E-state index < -0.39 is 0 Å². The van der Waals surface area contributed by atoms with E-state index in [0.717, 1.165) is 65.8 Å². The first kappa shape index (κ1) is 23.5. The van der Waals surface area contributed by atoms with Crippen LogP contribution in [0, 0.1) is 18.3 Å². The van der Waals surface area contributed by atoms with Crippen molar-refractivity contribution in [2.75, 3.05) is 31.6 Å². The summed E-state index contributed by atoms with van der Waals surface area (Å²) in [6, 6.07) is 12.7. The van der Waals surface area contributed by atoms with E-state index in [-0.39, 0.29) is 0 Å². The lowest BCUT2D eigenvalue weighted by molar-refractivity contribution is 0.140. The van der Waals surface area contributed by atoms with Crippen LogP contribution in [-0.4, -0.2) is 41.7 Å². The zero-order chi connectivity index (χ0) is 23.6. The minimum absolute atomic E-state index is 0.459. The van der Waals surface area contributed by atoms with Gasteiger partial charge in [0.15, 0.2) is 0 Å². The Morgan fingerprint density at radius 2 is 1.94 bits per heavy atom. The van der Waals surface area contributed by atoms with Crippen molar-refractivity contribution in [3.8, 4) is 17.2 Å². The van der Waals surface area contributed by atoms with Crippen molar-refractivity contribution < 1.29 is 9.26 Å². The predicted molar refractivity (Wildman–Crippen MR) is 132 cm³/mol. The van der Waals surface area contributed by atoms with Gasteiger partial charge < -0.3 is 19.9 Å². The summed E-state index contributed by atoms with van der Waals surface area (Å²) in [5, 5.41) is 27.9. The zero-order valence-corrected chi connectivity index (χ0v) is 19.4. The molecule has 0 fully saturated rings. The number of benzene rings is 2. The number of nitrogens with zero attached hydrogens (tertiary/aromatic N) is 3. The predicted octanol–water partition coefficient (Wildman–Crippen LogP) is 4.59.